The summed E-state index contributed by atoms with van der Waals surface area (Å²) >= 11 is 5.91. The molecule has 1 aliphatic rings. The zero-order valence-electron chi connectivity index (χ0n) is 24.5. The second kappa shape index (κ2) is 12.1. The van der Waals surface area contributed by atoms with E-state index in [0.29, 0.717) is 17.1 Å². The maximum atomic E-state index is 13.6. The van der Waals surface area contributed by atoms with Crippen LogP contribution in [0.25, 0.3) is 11.5 Å². The van der Waals surface area contributed by atoms with Gasteiger partial charge in [-0.3, -0.25) is 4.79 Å². The largest absolute Gasteiger partial charge is 0.405 e. The highest BCUT2D eigenvalue weighted by Gasteiger charge is 2.51. The number of nitrogens with zero attached hydrogens (tertiary/aromatic N) is 3. The third-order valence-electron chi connectivity index (χ3n) is 7.71. The SMILES string of the molecule is CCS(=O)(=O)c1ccc(N(CC(=O)Nc2cc(C)c(C3(c4noc(-c5ccc(F)c(Cl)c5)n4)CC3)c(C)c2)CC(F)(F)F)cc1. The van der Waals surface area contributed by atoms with Crippen LogP contribution in [0.2, 0.25) is 5.02 Å². The molecule has 0 spiro atoms. The van der Waals surface area contributed by atoms with Crippen molar-refractivity contribution in [1.29, 1.82) is 0 Å². The molecule has 1 saturated carbocycles. The molecule has 1 N–H and O–H groups in total. The molecule has 1 heterocycles. The van der Waals surface area contributed by atoms with E-state index in [9.17, 15) is 30.8 Å². The first-order valence-corrected chi connectivity index (χ1v) is 16.0. The zero-order valence-corrected chi connectivity index (χ0v) is 26.1. The Kier molecular flexibility index (Phi) is 8.71. The highest BCUT2D eigenvalue weighted by Crippen LogP contribution is 2.55. The van der Waals surface area contributed by atoms with Crippen LogP contribution in [0.1, 0.15) is 42.3 Å². The van der Waals surface area contributed by atoms with Crippen molar-refractivity contribution in [2.45, 2.75) is 50.1 Å². The fraction of sp³-hybridized carbons (Fsp3) is 0.323. The Labute approximate surface area is 262 Å². The number of benzene rings is 3. The molecular formula is C31H29ClF4N4O4S. The highest BCUT2D eigenvalue weighted by molar-refractivity contribution is 7.91. The summed E-state index contributed by atoms with van der Waals surface area (Å²) in [5.74, 6) is -0.743. The standard InChI is InChI=1S/C31H29ClF4N4O4S/c1-4-45(42,43)23-8-6-22(7-9-23)40(17-31(34,35)36)16-26(41)37-21-13-18(2)27(19(3)14-21)30(11-12-30)29-38-28(44-39-29)20-5-10-25(33)24(32)15-20/h5-10,13-15H,4,11-12,16-17H2,1-3H3,(H,37,41). The molecule has 238 valence electrons. The number of amides is 1. The number of carbonyl (C=O) groups is 1. The molecule has 1 amide bonds. The van der Waals surface area contributed by atoms with Crippen LogP contribution in [0.15, 0.2) is 64.0 Å². The normalized spacial score (nSPS) is 14.3. The van der Waals surface area contributed by atoms with E-state index in [-0.39, 0.29) is 27.2 Å². The van der Waals surface area contributed by atoms with Crippen LogP contribution < -0.4 is 10.2 Å². The van der Waals surface area contributed by atoms with Crippen LogP contribution in [0.4, 0.5) is 28.9 Å². The van der Waals surface area contributed by atoms with Gasteiger partial charge in [-0.2, -0.15) is 18.2 Å². The summed E-state index contributed by atoms with van der Waals surface area (Å²) in [7, 11) is -3.54. The Morgan fingerprint density at radius 3 is 2.27 bits per heavy atom. The van der Waals surface area contributed by atoms with Crippen molar-refractivity contribution >= 4 is 38.7 Å². The number of alkyl halides is 3. The van der Waals surface area contributed by atoms with Gasteiger partial charge in [-0.05, 0) is 98.0 Å². The number of aryl methyl sites for hydroxylation is 2. The van der Waals surface area contributed by atoms with Crippen LogP contribution in [-0.4, -0.2) is 49.5 Å². The lowest BCUT2D eigenvalue weighted by molar-refractivity contribution is -0.122. The lowest BCUT2D eigenvalue weighted by Gasteiger charge is -2.26. The maximum Gasteiger partial charge on any atom is 0.405 e. The molecule has 0 unspecified atom stereocenters. The van der Waals surface area contributed by atoms with Gasteiger partial charge in [0, 0.05) is 16.9 Å². The monoisotopic (exact) mass is 664 g/mol. The molecule has 0 saturated heterocycles. The lowest BCUT2D eigenvalue weighted by atomic mass is 9.87. The van der Waals surface area contributed by atoms with Gasteiger partial charge in [-0.1, -0.05) is 23.7 Å². The van der Waals surface area contributed by atoms with Crippen LogP contribution in [0.3, 0.4) is 0 Å². The first-order chi connectivity index (χ1) is 21.1. The molecule has 0 aliphatic heterocycles. The number of anilines is 2. The first-order valence-electron chi connectivity index (χ1n) is 14.0. The van der Waals surface area contributed by atoms with E-state index in [1.807, 2.05) is 13.8 Å². The molecule has 14 heteroatoms. The maximum absolute atomic E-state index is 13.6. The van der Waals surface area contributed by atoms with Crippen molar-refractivity contribution in [3.63, 3.8) is 0 Å². The summed E-state index contributed by atoms with van der Waals surface area (Å²) in [6.45, 7) is 3.16. The summed E-state index contributed by atoms with van der Waals surface area (Å²) < 4.78 is 83.6. The Hall–Kier alpha value is -3.97. The molecule has 1 aromatic heterocycles. The van der Waals surface area contributed by atoms with Crippen molar-refractivity contribution in [3.05, 3.63) is 88.0 Å². The summed E-state index contributed by atoms with van der Waals surface area (Å²) in [6, 6.07) is 12.6. The number of aromatic nitrogens is 2. The summed E-state index contributed by atoms with van der Waals surface area (Å²) in [4.78, 5) is 18.4. The van der Waals surface area contributed by atoms with Crippen LogP contribution in [-0.2, 0) is 20.0 Å². The van der Waals surface area contributed by atoms with Gasteiger partial charge in [0.25, 0.3) is 5.89 Å². The Bertz CT molecular complexity index is 1830. The number of rotatable bonds is 10. The molecule has 4 aromatic rings. The van der Waals surface area contributed by atoms with Gasteiger partial charge < -0.3 is 14.7 Å². The van der Waals surface area contributed by atoms with Crippen LogP contribution in [0.5, 0.6) is 0 Å². The van der Waals surface area contributed by atoms with Gasteiger partial charge in [0.2, 0.25) is 5.91 Å². The summed E-state index contributed by atoms with van der Waals surface area (Å²) in [5, 5.41) is 6.82. The third kappa shape index (κ3) is 6.99. The Balaban J connectivity index is 1.34. The van der Waals surface area contributed by atoms with Gasteiger partial charge in [0.15, 0.2) is 15.7 Å². The van der Waals surface area contributed by atoms with E-state index in [1.54, 1.807) is 12.1 Å². The van der Waals surface area contributed by atoms with E-state index in [4.69, 9.17) is 16.1 Å². The molecule has 1 aliphatic carbocycles. The minimum Gasteiger partial charge on any atom is -0.353 e. The highest BCUT2D eigenvalue weighted by atomic mass is 35.5. The van der Waals surface area contributed by atoms with E-state index in [0.717, 1.165) is 34.4 Å². The van der Waals surface area contributed by atoms with Crippen LogP contribution in [0, 0.1) is 19.7 Å². The van der Waals surface area contributed by atoms with Gasteiger partial charge in [0.1, 0.15) is 12.4 Å². The molecular weight excluding hydrogens is 636 g/mol. The predicted octanol–water partition coefficient (Wildman–Crippen LogP) is 7.03. The molecule has 3 aromatic carbocycles. The van der Waals surface area contributed by atoms with Gasteiger partial charge in [-0.15, -0.1) is 0 Å². The smallest absolute Gasteiger partial charge is 0.353 e. The molecule has 0 atom stereocenters. The number of hydrogen-bond donors (Lipinski definition) is 1. The lowest BCUT2D eigenvalue weighted by Crippen LogP contribution is -2.39. The second-order valence-corrected chi connectivity index (χ2v) is 13.7. The minimum absolute atomic E-state index is 0.0125. The third-order valence-corrected chi connectivity index (χ3v) is 9.75. The number of carbonyl (C=O) groups excluding carboxylic acids is 1. The fourth-order valence-corrected chi connectivity index (χ4v) is 6.59. The van der Waals surface area contributed by atoms with Crippen molar-refractivity contribution in [2.75, 3.05) is 29.1 Å². The Morgan fingerprint density at radius 1 is 1.07 bits per heavy atom. The van der Waals surface area contributed by atoms with Gasteiger partial charge >= 0.3 is 6.18 Å². The predicted molar refractivity (Wildman–Crippen MR) is 162 cm³/mol. The van der Waals surface area contributed by atoms with Gasteiger partial charge in [0.05, 0.1) is 27.6 Å². The summed E-state index contributed by atoms with van der Waals surface area (Å²) in [6.07, 6.45) is -3.12. The van der Waals surface area contributed by atoms with Crippen molar-refractivity contribution in [3.8, 4) is 11.5 Å². The first kappa shape index (κ1) is 32.4. The van der Waals surface area contributed by atoms with E-state index >= 15 is 0 Å². The fourth-order valence-electron chi connectivity index (χ4n) is 5.52. The van der Waals surface area contributed by atoms with Gasteiger partial charge in [-0.25, -0.2) is 12.8 Å². The molecule has 0 bridgehead atoms. The average Bonchev–Trinajstić information content (AvgIpc) is 3.59. The number of nitrogens with one attached hydrogen (secondary N) is 1. The quantitative estimate of drug-likeness (QED) is 0.182. The summed E-state index contributed by atoms with van der Waals surface area (Å²) in [5.41, 5.74) is 3.00. The van der Waals surface area contributed by atoms with E-state index in [1.165, 1.54) is 49.4 Å². The van der Waals surface area contributed by atoms with E-state index < -0.39 is 46.2 Å². The Morgan fingerprint density at radius 2 is 1.71 bits per heavy atom. The number of halogens is 5. The van der Waals surface area contributed by atoms with Crippen molar-refractivity contribution < 1.29 is 35.3 Å². The van der Waals surface area contributed by atoms with Crippen LogP contribution >= 0.6 is 11.6 Å². The molecule has 45 heavy (non-hydrogen) atoms. The average molecular weight is 665 g/mol. The number of hydrogen-bond acceptors (Lipinski definition) is 7. The second-order valence-electron chi connectivity index (χ2n) is 11.0. The van der Waals surface area contributed by atoms with Crippen molar-refractivity contribution in [1.82, 2.24) is 10.1 Å². The molecule has 8 nitrogen and oxygen atoms in total. The molecule has 0 radical (unpaired) electrons. The topological polar surface area (TPSA) is 105 Å². The zero-order chi connectivity index (χ0) is 32.7. The number of sulfone groups is 1. The molecule has 5 rings (SSSR count). The molecule has 1 fully saturated rings. The van der Waals surface area contributed by atoms with Crippen molar-refractivity contribution in [2.24, 2.45) is 0 Å². The minimum atomic E-state index is -4.61. The van der Waals surface area contributed by atoms with E-state index in [2.05, 4.69) is 15.5 Å².